The summed E-state index contributed by atoms with van der Waals surface area (Å²) in [5.74, 6) is 2.47. The summed E-state index contributed by atoms with van der Waals surface area (Å²) < 4.78 is 6.81. The van der Waals surface area contributed by atoms with Gasteiger partial charge in [0.2, 0.25) is 0 Å². The Morgan fingerprint density at radius 3 is 2.87 bits per heavy atom. The molecule has 1 nitrogen and oxygen atoms in total. The summed E-state index contributed by atoms with van der Waals surface area (Å²) in [4.78, 5) is 0. The predicted molar refractivity (Wildman–Crippen MR) is 65.8 cm³/mol. The van der Waals surface area contributed by atoms with Crippen molar-refractivity contribution in [2.24, 2.45) is 5.92 Å². The molecule has 78 valence electrons. The molecule has 1 aliphatic carbocycles. The zero-order valence-corrected chi connectivity index (χ0v) is 10.2. The standard InChI is InChI=1S/C13H13BrO/c1-10-5-4-6-11(9-10)15-13-8-3-2-7-12(13)14/h2-8,10H,9H2,1H3. The second-order valence-corrected chi connectivity index (χ2v) is 4.59. The highest BCUT2D eigenvalue weighted by atomic mass is 79.9. The van der Waals surface area contributed by atoms with Crippen LogP contribution in [-0.4, -0.2) is 0 Å². The van der Waals surface area contributed by atoms with Crippen molar-refractivity contribution >= 4 is 15.9 Å². The smallest absolute Gasteiger partial charge is 0.141 e. The Balaban J connectivity index is 2.13. The summed E-state index contributed by atoms with van der Waals surface area (Å²) in [6.07, 6.45) is 7.24. The van der Waals surface area contributed by atoms with E-state index in [-0.39, 0.29) is 0 Å². The zero-order valence-electron chi connectivity index (χ0n) is 8.61. The summed E-state index contributed by atoms with van der Waals surface area (Å²) in [5, 5.41) is 0. The molecular formula is C13H13BrO. The van der Waals surface area contributed by atoms with Crippen LogP contribution in [0.15, 0.2) is 52.7 Å². The van der Waals surface area contributed by atoms with Crippen molar-refractivity contribution in [3.63, 3.8) is 0 Å². The molecule has 0 fully saturated rings. The average Bonchev–Trinajstić information content (AvgIpc) is 2.22. The topological polar surface area (TPSA) is 9.23 Å². The molecule has 1 unspecified atom stereocenters. The Labute approximate surface area is 98.6 Å². The van der Waals surface area contributed by atoms with Gasteiger partial charge in [-0.25, -0.2) is 0 Å². The van der Waals surface area contributed by atoms with Gasteiger partial charge in [-0.1, -0.05) is 31.2 Å². The highest BCUT2D eigenvalue weighted by Crippen LogP contribution is 2.28. The van der Waals surface area contributed by atoms with E-state index in [1.165, 1.54) is 0 Å². The van der Waals surface area contributed by atoms with Crippen molar-refractivity contribution in [2.45, 2.75) is 13.3 Å². The minimum absolute atomic E-state index is 0.562. The Hall–Kier alpha value is -1.02. The number of allylic oxidation sites excluding steroid dienone is 4. The molecule has 0 saturated carbocycles. The second-order valence-electron chi connectivity index (χ2n) is 3.73. The van der Waals surface area contributed by atoms with Crippen LogP contribution in [0.4, 0.5) is 0 Å². The molecule has 1 atom stereocenters. The van der Waals surface area contributed by atoms with Gasteiger partial charge in [-0.3, -0.25) is 0 Å². The highest BCUT2D eigenvalue weighted by Gasteiger charge is 2.09. The van der Waals surface area contributed by atoms with Gasteiger partial charge in [0, 0.05) is 6.42 Å². The van der Waals surface area contributed by atoms with Crippen LogP contribution in [0.3, 0.4) is 0 Å². The molecule has 0 aliphatic heterocycles. The summed E-state index contributed by atoms with van der Waals surface area (Å²) in [7, 11) is 0. The minimum atomic E-state index is 0.562. The van der Waals surface area contributed by atoms with Gasteiger partial charge in [0.25, 0.3) is 0 Å². The van der Waals surface area contributed by atoms with Crippen molar-refractivity contribution in [1.82, 2.24) is 0 Å². The van der Waals surface area contributed by atoms with Crippen LogP contribution in [-0.2, 0) is 0 Å². The number of para-hydroxylation sites is 1. The lowest BCUT2D eigenvalue weighted by molar-refractivity contribution is 0.383. The van der Waals surface area contributed by atoms with Gasteiger partial charge in [-0.05, 0) is 40.1 Å². The third-order valence-corrected chi connectivity index (χ3v) is 2.98. The number of hydrogen-bond acceptors (Lipinski definition) is 1. The number of hydrogen-bond donors (Lipinski definition) is 0. The molecule has 0 spiro atoms. The first-order valence-electron chi connectivity index (χ1n) is 5.05. The van der Waals surface area contributed by atoms with Crippen LogP contribution >= 0.6 is 15.9 Å². The van der Waals surface area contributed by atoms with Crippen LogP contribution in [0.2, 0.25) is 0 Å². The Morgan fingerprint density at radius 1 is 1.33 bits per heavy atom. The van der Waals surface area contributed by atoms with Crippen molar-refractivity contribution in [3.8, 4) is 5.75 Å². The molecule has 15 heavy (non-hydrogen) atoms. The lowest BCUT2D eigenvalue weighted by Gasteiger charge is -2.16. The van der Waals surface area contributed by atoms with E-state index in [0.717, 1.165) is 22.4 Å². The maximum absolute atomic E-state index is 5.82. The first-order valence-corrected chi connectivity index (χ1v) is 5.85. The normalized spacial score (nSPS) is 19.9. The fourth-order valence-electron chi connectivity index (χ4n) is 1.55. The van der Waals surface area contributed by atoms with Gasteiger partial charge < -0.3 is 4.74 Å². The highest BCUT2D eigenvalue weighted by molar-refractivity contribution is 9.10. The van der Waals surface area contributed by atoms with E-state index in [9.17, 15) is 0 Å². The zero-order chi connectivity index (χ0) is 10.7. The fraction of sp³-hybridized carbons (Fsp3) is 0.231. The molecule has 0 saturated heterocycles. The minimum Gasteiger partial charge on any atom is -0.461 e. The van der Waals surface area contributed by atoms with Crippen molar-refractivity contribution < 1.29 is 4.74 Å². The van der Waals surface area contributed by atoms with E-state index in [2.05, 4.69) is 35.0 Å². The van der Waals surface area contributed by atoms with Crippen molar-refractivity contribution in [3.05, 3.63) is 52.7 Å². The quantitative estimate of drug-likeness (QED) is 0.774. The van der Waals surface area contributed by atoms with E-state index >= 15 is 0 Å². The van der Waals surface area contributed by atoms with Crippen molar-refractivity contribution in [1.29, 1.82) is 0 Å². The Bertz CT molecular complexity index is 407. The average molecular weight is 265 g/mol. The number of halogens is 1. The van der Waals surface area contributed by atoms with E-state index in [1.807, 2.05) is 30.3 Å². The maximum Gasteiger partial charge on any atom is 0.141 e. The maximum atomic E-state index is 5.82. The molecule has 1 aromatic rings. The SMILES string of the molecule is CC1C=CC=C(Oc2ccccc2Br)C1. The van der Waals surface area contributed by atoms with Gasteiger partial charge >= 0.3 is 0 Å². The molecule has 0 N–H and O–H groups in total. The third-order valence-electron chi connectivity index (χ3n) is 2.32. The fourth-order valence-corrected chi connectivity index (χ4v) is 1.92. The van der Waals surface area contributed by atoms with Gasteiger partial charge in [-0.15, -0.1) is 0 Å². The summed E-state index contributed by atoms with van der Waals surface area (Å²) in [6, 6.07) is 7.91. The molecule has 1 aliphatic rings. The van der Waals surface area contributed by atoms with E-state index in [1.54, 1.807) is 0 Å². The molecular weight excluding hydrogens is 252 g/mol. The van der Waals surface area contributed by atoms with Crippen LogP contribution in [0.25, 0.3) is 0 Å². The molecule has 0 radical (unpaired) electrons. The third kappa shape index (κ3) is 2.72. The molecule has 0 amide bonds. The number of benzene rings is 1. The van der Waals surface area contributed by atoms with Gasteiger partial charge in [0.1, 0.15) is 11.5 Å². The summed E-state index contributed by atoms with van der Waals surface area (Å²) in [5.41, 5.74) is 0. The van der Waals surface area contributed by atoms with Crippen LogP contribution in [0.1, 0.15) is 13.3 Å². The molecule has 1 aromatic carbocycles. The Kier molecular flexibility index (Phi) is 3.27. The monoisotopic (exact) mass is 264 g/mol. The Morgan fingerprint density at radius 2 is 2.13 bits per heavy atom. The molecule has 0 bridgehead atoms. The lowest BCUT2D eigenvalue weighted by Crippen LogP contribution is -2.03. The summed E-state index contributed by atoms with van der Waals surface area (Å²) in [6.45, 7) is 2.19. The molecule has 2 rings (SSSR count). The first kappa shape index (κ1) is 10.5. The van der Waals surface area contributed by atoms with E-state index in [4.69, 9.17) is 4.74 Å². The number of rotatable bonds is 2. The molecule has 0 heterocycles. The summed E-state index contributed by atoms with van der Waals surface area (Å²) >= 11 is 3.47. The van der Waals surface area contributed by atoms with Gasteiger partial charge in [-0.2, -0.15) is 0 Å². The van der Waals surface area contributed by atoms with Crippen LogP contribution in [0.5, 0.6) is 5.75 Å². The van der Waals surface area contributed by atoms with E-state index in [0.29, 0.717) is 5.92 Å². The molecule has 0 aromatic heterocycles. The van der Waals surface area contributed by atoms with E-state index < -0.39 is 0 Å². The van der Waals surface area contributed by atoms with Crippen LogP contribution in [0, 0.1) is 5.92 Å². The van der Waals surface area contributed by atoms with Crippen molar-refractivity contribution in [2.75, 3.05) is 0 Å². The number of ether oxygens (including phenoxy) is 1. The second kappa shape index (κ2) is 4.67. The van der Waals surface area contributed by atoms with Crippen LogP contribution < -0.4 is 4.74 Å². The largest absolute Gasteiger partial charge is 0.461 e. The molecule has 2 heteroatoms. The first-order chi connectivity index (χ1) is 7.25. The van der Waals surface area contributed by atoms with Gasteiger partial charge in [0.15, 0.2) is 0 Å². The lowest BCUT2D eigenvalue weighted by atomic mass is 10.0. The predicted octanol–water partition coefficient (Wildman–Crippen LogP) is 4.31. The van der Waals surface area contributed by atoms with Gasteiger partial charge in [0.05, 0.1) is 4.47 Å².